The monoisotopic (exact) mass is 594 g/mol. The average molecular weight is 595 g/mol. The first-order chi connectivity index (χ1) is 14.6. The normalized spacial score (nSPS) is 13.3. The molecule has 1 aliphatic rings. The maximum Gasteiger partial charge on any atom is 0.259 e. The Hall–Kier alpha value is -1.71. The topological polar surface area (TPSA) is 50.7 Å². The molecule has 1 N–H and O–H groups in total. The van der Waals surface area contributed by atoms with Crippen molar-refractivity contribution in [3.05, 3.63) is 72.1 Å². The lowest BCUT2D eigenvalue weighted by molar-refractivity contribution is 0.102. The van der Waals surface area contributed by atoms with E-state index >= 15 is 0 Å². The van der Waals surface area contributed by atoms with Crippen LogP contribution in [0, 0.1) is 3.57 Å². The van der Waals surface area contributed by atoms with Crippen LogP contribution in [0.2, 0.25) is 0 Å². The molecule has 1 heterocycles. The molecule has 0 saturated carbocycles. The number of methoxy groups -OCH3 is 1. The molecule has 0 atom stereocenters. The minimum absolute atomic E-state index is 0.0850. The molecule has 4 rings (SSSR count). The molecule has 154 valence electrons. The van der Waals surface area contributed by atoms with Gasteiger partial charge in [0.25, 0.3) is 5.91 Å². The van der Waals surface area contributed by atoms with E-state index in [0.717, 1.165) is 60.4 Å². The van der Waals surface area contributed by atoms with Gasteiger partial charge in [0.2, 0.25) is 0 Å². The maximum absolute atomic E-state index is 13.2. The van der Waals surface area contributed by atoms with Gasteiger partial charge in [-0.3, -0.25) is 4.79 Å². The minimum Gasteiger partial charge on any atom is -0.494 e. The Morgan fingerprint density at radius 1 is 1.23 bits per heavy atom. The van der Waals surface area contributed by atoms with E-state index in [0.29, 0.717) is 0 Å². The second-order valence-electron chi connectivity index (χ2n) is 6.99. The zero-order valence-electron chi connectivity index (χ0n) is 16.4. The summed E-state index contributed by atoms with van der Waals surface area (Å²) in [7, 11) is 1.66. The number of carbonyl (C=O) groups is 1. The molecule has 0 saturated heterocycles. The van der Waals surface area contributed by atoms with Crippen molar-refractivity contribution in [3.63, 3.8) is 0 Å². The third kappa shape index (κ3) is 4.63. The predicted octanol–water partition coefficient (Wildman–Crippen LogP) is 7.01. The number of hydrogen-bond acceptors (Lipinski definition) is 4. The largest absolute Gasteiger partial charge is 0.494 e. The number of amides is 1. The molecule has 1 amide bonds. The molecule has 0 aliphatic heterocycles. The number of fused-ring (bicyclic) bond motifs is 1. The van der Waals surface area contributed by atoms with Crippen LogP contribution in [0.25, 0.3) is 0 Å². The predicted molar refractivity (Wildman–Crippen MR) is 136 cm³/mol. The van der Waals surface area contributed by atoms with Gasteiger partial charge in [-0.2, -0.15) is 0 Å². The molecule has 1 aromatic heterocycles. The first kappa shape index (κ1) is 21.5. The number of benzene rings is 2. The quantitative estimate of drug-likeness (QED) is 0.255. The molecular weight excluding hydrogens is 575 g/mol. The van der Waals surface area contributed by atoms with Crippen molar-refractivity contribution < 1.29 is 9.53 Å². The molecule has 1 aliphatic carbocycles. The number of aryl methyl sites for hydroxylation is 1. The first-order valence-corrected chi connectivity index (χ1v) is 12.3. The van der Waals surface area contributed by atoms with E-state index in [1.807, 2.05) is 48.7 Å². The number of para-hydroxylation sites is 1. The number of aliphatic imine (C=N–C) groups is 1. The Labute approximate surface area is 202 Å². The van der Waals surface area contributed by atoms with Crippen LogP contribution in [-0.2, 0) is 12.8 Å². The number of halogens is 2. The summed E-state index contributed by atoms with van der Waals surface area (Å²) in [4.78, 5) is 19.2. The summed E-state index contributed by atoms with van der Waals surface area (Å²) in [5, 5.41) is 3.81. The van der Waals surface area contributed by atoms with Crippen molar-refractivity contribution in [2.24, 2.45) is 4.99 Å². The van der Waals surface area contributed by atoms with Gasteiger partial charge >= 0.3 is 0 Å². The summed E-state index contributed by atoms with van der Waals surface area (Å²) < 4.78 is 7.29. The Morgan fingerprint density at radius 2 is 2.00 bits per heavy atom. The fourth-order valence-corrected chi connectivity index (χ4v) is 6.69. The summed E-state index contributed by atoms with van der Waals surface area (Å²) >= 11 is 7.44. The number of carbonyl (C=O) groups excluding carboxylic acids is 1. The van der Waals surface area contributed by atoms with E-state index in [4.69, 9.17) is 9.73 Å². The summed E-state index contributed by atoms with van der Waals surface area (Å²) in [5.74, 6) is 0.723. The van der Waals surface area contributed by atoms with Crippen molar-refractivity contribution in [3.8, 4) is 5.75 Å². The van der Waals surface area contributed by atoms with Gasteiger partial charge in [0, 0.05) is 16.8 Å². The Morgan fingerprint density at radius 3 is 2.73 bits per heavy atom. The molecule has 7 heteroatoms. The standard InChI is InChI=1S/C23H20BrIN2O2S/c1-29-21-17(24)11-14(12-18(21)25)13-26-23-20(16-9-5-6-10-19(16)30-23)22(28)27-15-7-3-2-4-8-15/h2-4,7-8,11-13H,5-6,9-10H2,1H3,(H,27,28). The lowest BCUT2D eigenvalue weighted by atomic mass is 9.95. The molecule has 0 unspecified atom stereocenters. The van der Waals surface area contributed by atoms with Gasteiger partial charge in [-0.25, -0.2) is 4.99 Å². The van der Waals surface area contributed by atoms with Crippen LogP contribution < -0.4 is 10.1 Å². The van der Waals surface area contributed by atoms with Gasteiger partial charge < -0.3 is 10.1 Å². The van der Waals surface area contributed by atoms with Gasteiger partial charge in [-0.1, -0.05) is 18.2 Å². The van der Waals surface area contributed by atoms with E-state index in [1.165, 1.54) is 11.3 Å². The maximum atomic E-state index is 13.2. The summed E-state index contributed by atoms with van der Waals surface area (Å²) in [6, 6.07) is 13.6. The lowest BCUT2D eigenvalue weighted by Gasteiger charge is -2.12. The molecule has 2 aromatic carbocycles. The SMILES string of the molecule is COc1c(Br)cc(C=Nc2sc3c(c2C(=O)Nc2ccccc2)CCCC3)cc1I. The number of ether oxygens (including phenoxy) is 1. The third-order valence-corrected chi connectivity index (χ3v) is 7.56. The zero-order chi connectivity index (χ0) is 21.1. The highest BCUT2D eigenvalue weighted by atomic mass is 127. The van der Waals surface area contributed by atoms with Crippen LogP contribution in [0.4, 0.5) is 10.7 Å². The fourth-order valence-electron chi connectivity index (χ4n) is 3.57. The van der Waals surface area contributed by atoms with Crippen LogP contribution >= 0.6 is 49.9 Å². The number of rotatable bonds is 5. The van der Waals surface area contributed by atoms with Crippen molar-refractivity contribution in [1.82, 2.24) is 0 Å². The van der Waals surface area contributed by atoms with E-state index < -0.39 is 0 Å². The zero-order valence-corrected chi connectivity index (χ0v) is 20.9. The van der Waals surface area contributed by atoms with Gasteiger partial charge in [-0.05, 0) is 99.6 Å². The van der Waals surface area contributed by atoms with Gasteiger partial charge in [0.15, 0.2) is 0 Å². The van der Waals surface area contributed by atoms with E-state index in [1.54, 1.807) is 18.4 Å². The molecule has 0 bridgehead atoms. The second kappa shape index (κ2) is 9.62. The molecule has 30 heavy (non-hydrogen) atoms. The Balaban J connectivity index is 1.69. The van der Waals surface area contributed by atoms with Crippen LogP contribution in [0.15, 0.2) is 51.9 Å². The third-order valence-electron chi connectivity index (χ3n) is 4.97. The average Bonchev–Trinajstić information content (AvgIpc) is 3.11. The number of nitrogens with zero attached hydrogens (tertiary/aromatic N) is 1. The van der Waals surface area contributed by atoms with Crippen LogP contribution in [-0.4, -0.2) is 19.2 Å². The molecule has 0 spiro atoms. The number of hydrogen-bond donors (Lipinski definition) is 1. The lowest BCUT2D eigenvalue weighted by Crippen LogP contribution is -2.14. The van der Waals surface area contributed by atoms with Crippen LogP contribution in [0.1, 0.15) is 39.2 Å². The number of anilines is 1. The minimum atomic E-state index is -0.0850. The highest BCUT2D eigenvalue weighted by molar-refractivity contribution is 14.1. The Kier molecular flexibility index (Phi) is 6.90. The molecule has 0 radical (unpaired) electrons. The molecule has 3 aromatic rings. The number of thiophene rings is 1. The first-order valence-electron chi connectivity index (χ1n) is 9.65. The number of nitrogens with one attached hydrogen (secondary N) is 1. The Bertz CT molecular complexity index is 1090. The highest BCUT2D eigenvalue weighted by Gasteiger charge is 2.25. The van der Waals surface area contributed by atoms with Crippen molar-refractivity contribution >= 4 is 72.7 Å². The molecule has 4 nitrogen and oxygen atoms in total. The fraction of sp³-hybridized carbons (Fsp3) is 0.217. The second-order valence-corrected chi connectivity index (χ2v) is 10.1. The van der Waals surface area contributed by atoms with Crippen molar-refractivity contribution in [2.75, 3.05) is 12.4 Å². The van der Waals surface area contributed by atoms with Gasteiger partial charge in [-0.15, -0.1) is 11.3 Å². The van der Waals surface area contributed by atoms with Gasteiger partial charge in [0.1, 0.15) is 10.8 Å². The van der Waals surface area contributed by atoms with E-state index in [-0.39, 0.29) is 5.91 Å². The van der Waals surface area contributed by atoms with Crippen LogP contribution in [0.5, 0.6) is 5.75 Å². The molecular formula is C23H20BrIN2O2S. The molecule has 0 fully saturated rings. The van der Waals surface area contributed by atoms with Crippen molar-refractivity contribution in [2.45, 2.75) is 25.7 Å². The van der Waals surface area contributed by atoms with E-state index in [9.17, 15) is 4.79 Å². The summed E-state index contributed by atoms with van der Waals surface area (Å²) in [6.07, 6.45) is 6.06. The van der Waals surface area contributed by atoms with E-state index in [2.05, 4.69) is 43.8 Å². The summed E-state index contributed by atoms with van der Waals surface area (Å²) in [5.41, 5.74) is 3.63. The van der Waals surface area contributed by atoms with Crippen molar-refractivity contribution in [1.29, 1.82) is 0 Å². The van der Waals surface area contributed by atoms with Crippen LogP contribution in [0.3, 0.4) is 0 Å². The van der Waals surface area contributed by atoms with Gasteiger partial charge in [0.05, 0.1) is 20.7 Å². The highest BCUT2D eigenvalue weighted by Crippen LogP contribution is 2.40. The smallest absolute Gasteiger partial charge is 0.259 e. The summed E-state index contributed by atoms with van der Waals surface area (Å²) in [6.45, 7) is 0.